The van der Waals surface area contributed by atoms with E-state index in [4.69, 9.17) is 0 Å². The molecule has 1 fully saturated rings. The summed E-state index contributed by atoms with van der Waals surface area (Å²) in [6.07, 6.45) is -1.96. The monoisotopic (exact) mass is 316 g/mol. The molecule has 0 bridgehead atoms. The lowest BCUT2D eigenvalue weighted by atomic mass is 9.54. The number of hydrogen-bond acceptors (Lipinski definition) is 2. The first-order valence-electron chi connectivity index (χ1n) is 7.15. The van der Waals surface area contributed by atoms with Gasteiger partial charge in [-0.2, -0.15) is 13.2 Å². The Kier molecular flexibility index (Phi) is 4.71. The second-order valence-corrected chi connectivity index (χ2v) is 6.56. The average Bonchev–Trinajstić information content (AvgIpc) is 2.44. The molecule has 0 amide bonds. The van der Waals surface area contributed by atoms with E-state index in [1.807, 2.05) is 26.0 Å². The van der Waals surface area contributed by atoms with Crippen molar-refractivity contribution in [2.75, 3.05) is 5.75 Å². The summed E-state index contributed by atoms with van der Waals surface area (Å²) >= 11 is 0.793. The van der Waals surface area contributed by atoms with E-state index in [2.05, 4.69) is 0 Å². The Balaban J connectivity index is 2.08. The third-order valence-electron chi connectivity index (χ3n) is 4.56. The molecule has 1 saturated carbocycles. The number of halogens is 3. The topological polar surface area (TPSA) is 17.1 Å². The van der Waals surface area contributed by atoms with Gasteiger partial charge in [-0.15, -0.1) is 11.8 Å². The van der Waals surface area contributed by atoms with E-state index < -0.39 is 11.9 Å². The zero-order chi connectivity index (χ0) is 15.7. The van der Waals surface area contributed by atoms with Gasteiger partial charge in [0, 0.05) is 22.6 Å². The van der Waals surface area contributed by atoms with E-state index in [-0.39, 0.29) is 11.3 Å². The summed E-state index contributed by atoms with van der Waals surface area (Å²) < 4.78 is 36.6. The molecule has 1 unspecified atom stereocenters. The summed E-state index contributed by atoms with van der Waals surface area (Å²) in [7, 11) is 0. The second-order valence-electron chi connectivity index (χ2n) is 5.52. The molecule has 5 heteroatoms. The SMILES string of the molecule is CCC1(CC)C(=O)CC1c1ccc(SCC(F)(F)F)cc1. The standard InChI is InChI=1S/C16H19F3OS/c1-3-15(4-2)13(9-14(15)20)11-5-7-12(8-6-11)21-10-16(17,18)19/h5-8,13H,3-4,9-10H2,1-2H3. The Labute approximate surface area is 127 Å². The van der Waals surface area contributed by atoms with Gasteiger partial charge in [0.2, 0.25) is 0 Å². The third kappa shape index (κ3) is 3.28. The number of thioether (sulfide) groups is 1. The van der Waals surface area contributed by atoms with Crippen molar-refractivity contribution in [2.45, 2.75) is 50.1 Å². The minimum Gasteiger partial charge on any atom is -0.299 e. The molecule has 0 aromatic heterocycles. The molecule has 0 heterocycles. The van der Waals surface area contributed by atoms with Gasteiger partial charge in [0.05, 0.1) is 5.75 Å². The molecule has 116 valence electrons. The molecule has 0 N–H and O–H groups in total. The Morgan fingerprint density at radius 2 is 1.76 bits per heavy atom. The lowest BCUT2D eigenvalue weighted by Gasteiger charge is -2.47. The van der Waals surface area contributed by atoms with Crippen LogP contribution in [-0.4, -0.2) is 17.7 Å². The molecule has 0 saturated heterocycles. The van der Waals surface area contributed by atoms with Crippen LogP contribution in [0.3, 0.4) is 0 Å². The van der Waals surface area contributed by atoms with Crippen LogP contribution in [0.15, 0.2) is 29.2 Å². The van der Waals surface area contributed by atoms with Gasteiger partial charge in [-0.3, -0.25) is 4.79 Å². The molecular formula is C16H19F3OS. The van der Waals surface area contributed by atoms with Gasteiger partial charge in [0.1, 0.15) is 5.78 Å². The quantitative estimate of drug-likeness (QED) is 0.694. The van der Waals surface area contributed by atoms with Gasteiger partial charge >= 0.3 is 6.18 Å². The maximum absolute atomic E-state index is 12.2. The molecule has 1 nitrogen and oxygen atoms in total. The van der Waals surface area contributed by atoms with E-state index in [1.54, 1.807) is 12.1 Å². The highest BCUT2D eigenvalue weighted by atomic mass is 32.2. The molecule has 1 aliphatic rings. The summed E-state index contributed by atoms with van der Waals surface area (Å²) in [6, 6.07) is 7.20. The number of carbonyl (C=O) groups excluding carboxylic acids is 1. The highest BCUT2D eigenvalue weighted by molar-refractivity contribution is 7.99. The molecule has 0 radical (unpaired) electrons. The number of benzene rings is 1. The van der Waals surface area contributed by atoms with Gasteiger partial charge in [-0.25, -0.2) is 0 Å². The summed E-state index contributed by atoms with van der Waals surface area (Å²) in [5, 5.41) is 0. The van der Waals surface area contributed by atoms with Gasteiger partial charge < -0.3 is 0 Å². The zero-order valence-corrected chi connectivity index (χ0v) is 13.0. The second kappa shape index (κ2) is 6.03. The van der Waals surface area contributed by atoms with Crippen molar-refractivity contribution < 1.29 is 18.0 Å². The van der Waals surface area contributed by atoms with Crippen LogP contribution in [0.2, 0.25) is 0 Å². The largest absolute Gasteiger partial charge is 0.398 e. The summed E-state index contributed by atoms with van der Waals surface area (Å²) in [6.45, 7) is 4.06. The van der Waals surface area contributed by atoms with Crippen molar-refractivity contribution in [2.24, 2.45) is 5.41 Å². The molecule has 0 aliphatic heterocycles. The van der Waals surface area contributed by atoms with E-state index in [0.29, 0.717) is 17.1 Å². The first kappa shape index (κ1) is 16.4. The fourth-order valence-electron chi connectivity index (χ4n) is 3.18. The van der Waals surface area contributed by atoms with Crippen LogP contribution in [0.25, 0.3) is 0 Å². The Morgan fingerprint density at radius 3 is 2.19 bits per heavy atom. The maximum Gasteiger partial charge on any atom is 0.398 e. The summed E-state index contributed by atoms with van der Waals surface area (Å²) in [4.78, 5) is 12.6. The molecule has 1 aromatic rings. The van der Waals surface area contributed by atoms with Crippen molar-refractivity contribution in [1.29, 1.82) is 0 Å². The number of rotatable bonds is 5. The smallest absolute Gasteiger partial charge is 0.299 e. The van der Waals surface area contributed by atoms with Crippen molar-refractivity contribution in [3.63, 3.8) is 0 Å². The van der Waals surface area contributed by atoms with Crippen molar-refractivity contribution in [1.82, 2.24) is 0 Å². The molecule has 1 aliphatic carbocycles. The number of Topliss-reactive ketones (excluding diaryl/α,β-unsaturated/α-hetero) is 1. The van der Waals surface area contributed by atoms with Gasteiger partial charge in [0.25, 0.3) is 0 Å². The fraction of sp³-hybridized carbons (Fsp3) is 0.562. The van der Waals surface area contributed by atoms with E-state index >= 15 is 0 Å². The van der Waals surface area contributed by atoms with E-state index in [0.717, 1.165) is 30.2 Å². The highest BCUT2D eigenvalue weighted by Gasteiger charge is 2.52. The average molecular weight is 316 g/mol. The predicted molar refractivity (Wildman–Crippen MR) is 78.6 cm³/mol. The fourth-order valence-corrected chi connectivity index (χ4v) is 3.84. The Bertz CT molecular complexity index is 503. The van der Waals surface area contributed by atoms with Crippen LogP contribution in [0.4, 0.5) is 13.2 Å². The van der Waals surface area contributed by atoms with Crippen LogP contribution < -0.4 is 0 Å². The summed E-state index contributed by atoms with van der Waals surface area (Å²) in [5.41, 5.74) is 0.801. The van der Waals surface area contributed by atoms with Gasteiger partial charge in [-0.1, -0.05) is 26.0 Å². The molecule has 1 atom stereocenters. The summed E-state index contributed by atoms with van der Waals surface area (Å²) in [5.74, 6) is -0.350. The predicted octanol–water partition coefficient (Wildman–Crippen LogP) is 5.20. The van der Waals surface area contributed by atoms with Crippen LogP contribution in [0.1, 0.15) is 44.6 Å². The van der Waals surface area contributed by atoms with Crippen LogP contribution in [-0.2, 0) is 4.79 Å². The normalized spacial score (nSPS) is 21.2. The highest BCUT2D eigenvalue weighted by Crippen LogP contribution is 2.54. The number of ketones is 1. The van der Waals surface area contributed by atoms with Gasteiger partial charge in [-0.05, 0) is 30.5 Å². The molecular weight excluding hydrogens is 297 g/mol. The number of alkyl halides is 3. The van der Waals surface area contributed by atoms with E-state index in [9.17, 15) is 18.0 Å². The number of hydrogen-bond donors (Lipinski definition) is 0. The maximum atomic E-state index is 12.2. The Hall–Kier alpha value is -0.970. The molecule has 21 heavy (non-hydrogen) atoms. The minimum absolute atomic E-state index is 0.210. The Morgan fingerprint density at radius 1 is 1.19 bits per heavy atom. The van der Waals surface area contributed by atoms with E-state index in [1.165, 1.54) is 0 Å². The lowest BCUT2D eigenvalue weighted by Crippen LogP contribution is -2.47. The zero-order valence-electron chi connectivity index (χ0n) is 12.2. The molecule has 2 rings (SSSR count). The van der Waals surface area contributed by atoms with Crippen molar-refractivity contribution >= 4 is 17.5 Å². The molecule has 1 aromatic carbocycles. The van der Waals surface area contributed by atoms with Crippen molar-refractivity contribution in [3.05, 3.63) is 29.8 Å². The first-order chi connectivity index (χ1) is 9.82. The van der Waals surface area contributed by atoms with Crippen LogP contribution >= 0.6 is 11.8 Å². The van der Waals surface area contributed by atoms with Gasteiger partial charge in [0.15, 0.2) is 0 Å². The first-order valence-corrected chi connectivity index (χ1v) is 8.13. The van der Waals surface area contributed by atoms with Crippen LogP contribution in [0, 0.1) is 5.41 Å². The molecule has 0 spiro atoms. The minimum atomic E-state index is -4.15. The van der Waals surface area contributed by atoms with Crippen molar-refractivity contribution in [3.8, 4) is 0 Å². The third-order valence-corrected chi connectivity index (χ3v) is 5.64. The number of carbonyl (C=O) groups is 1. The lowest BCUT2D eigenvalue weighted by molar-refractivity contribution is -0.141. The van der Waals surface area contributed by atoms with Crippen LogP contribution in [0.5, 0.6) is 0 Å².